The quantitative estimate of drug-likeness (QED) is 0.0799. The predicted molar refractivity (Wildman–Crippen MR) is 227 cm³/mol. The molecule has 2 aliphatic heterocycles. The van der Waals surface area contributed by atoms with Gasteiger partial charge in [-0.15, -0.1) is 0 Å². The number of imide groups is 2. The lowest BCUT2D eigenvalue weighted by Crippen LogP contribution is -2.46. The molecular weight excluding hydrogens is 749 g/mol. The van der Waals surface area contributed by atoms with Crippen molar-refractivity contribution in [1.82, 2.24) is 9.80 Å². The standard InChI is InChI=1S/C46H44N2O7Si2/c1-56(2,29-13-27-47-43(49)35-21-11-19-33-39(53-31-15-7-5-8-16-31)25-23-37(41(33)35)45(47)51)55-57(3,4)30-14-28-48-44(50)36-22-12-20-34-40(54-32-17-9-6-10-18-32)26-24-38(42(34)36)46(48)52/h5-12,15-26H,13-14,27-30H2,1-4H3. The van der Waals surface area contributed by atoms with E-state index in [0.29, 0.717) is 82.0 Å². The van der Waals surface area contributed by atoms with Crippen LogP contribution in [-0.4, -0.2) is 63.2 Å². The van der Waals surface area contributed by atoms with Gasteiger partial charge in [-0.1, -0.05) is 60.7 Å². The van der Waals surface area contributed by atoms with Gasteiger partial charge in [0, 0.05) is 56.9 Å². The fourth-order valence-electron chi connectivity index (χ4n) is 8.23. The Bertz CT molecular complexity index is 2340. The minimum Gasteiger partial charge on any atom is -0.457 e. The van der Waals surface area contributed by atoms with Crippen molar-refractivity contribution in [2.45, 2.75) is 51.1 Å². The number of nitrogens with zero attached hydrogens (tertiary/aromatic N) is 2. The third-order valence-corrected chi connectivity index (χ3v) is 18.3. The zero-order chi connectivity index (χ0) is 39.9. The van der Waals surface area contributed by atoms with E-state index in [9.17, 15) is 19.2 Å². The van der Waals surface area contributed by atoms with Gasteiger partial charge in [0.2, 0.25) is 0 Å². The van der Waals surface area contributed by atoms with Gasteiger partial charge in [-0.2, -0.15) is 0 Å². The van der Waals surface area contributed by atoms with Crippen molar-refractivity contribution in [1.29, 1.82) is 0 Å². The van der Waals surface area contributed by atoms with E-state index in [-0.39, 0.29) is 23.6 Å². The van der Waals surface area contributed by atoms with E-state index in [1.54, 1.807) is 36.4 Å². The molecule has 2 aliphatic rings. The summed E-state index contributed by atoms with van der Waals surface area (Å²) in [6, 6.07) is 38.5. The van der Waals surface area contributed by atoms with Gasteiger partial charge in [0.05, 0.1) is 0 Å². The highest BCUT2D eigenvalue weighted by molar-refractivity contribution is 6.84. The average Bonchev–Trinajstić information content (AvgIpc) is 3.19. The van der Waals surface area contributed by atoms with Gasteiger partial charge in [-0.3, -0.25) is 29.0 Å². The SMILES string of the molecule is C[Si](C)(CCCN1C(=O)c2cccc3c(Oc4ccccc4)ccc(c23)C1=O)O[Si](C)(C)CCCN1C(=O)c2cccc3c(Oc4ccccc4)ccc(c23)C1=O. The Morgan fingerprint density at radius 2 is 0.807 bits per heavy atom. The normalized spacial score (nSPS) is 14.2. The Morgan fingerprint density at radius 1 is 0.439 bits per heavy atom. The Labute approximate surface area is 334 Å². The van der Waals surface area contributed by atoms with Crippen molar-refractivity contribution < 1.29 is 32.8 Å². The van der Waals surface area contributed by atoms with E-state index in [0.717, 1.165) is 22.9 Å². The molecule has 2 heterocycles. The lowest BCUT2D eigenvalue weighted by atomic mass is 9.93. The maximum absolute atomic E-state index is 13.8. The summed E-state index contributed by atoms with van der Waals surface area (Å²) in [5.74, 6) is 1.34. The minimum atomic E-state index is -2.23. The molecule has 0 saturated carbocycles. The molecule has 0 radical (unpaired) electrons. The van der Waals surface area contributed by atoms with Crippen molar-refractivity contribution >= 4 is 61.8 Å². The van der Waals surface area contributed by atoms with Crippen LogP contribution in [0.5, 0.6) is 23.0 Å². The minimum absolute atomic E-state index is 0.296. The molecule has 6 aromatic rings. The molecule has 0 aromatic heterocycles. The van der Waals surface area contributed by atoms with Gasteiger partial charge in [0.25, 0.3) is 23.6 Å². The number of amides is 4. The zero-order valence-corrected chi connectivity index (χ0v) is 34.5. The van der Waals surface area contributed by atoms with E-state index in [1.807, 2.05) is 84.9 Å². The van der Waals surface area contributed by atoms with Crippen LogP contribution in [0.2, 0.25) is 38.3 Å². The molecule has 0 aliphatic carbocycles. The molecule has 11 heteroatoms. The van der Waals surface area contributed by atoms with E-state index in [1.165, 1.54) is 9.80 Å². The fraction of sp³-hybridized carbons (Fsp3) is 0.217. The highest BCUT2D eigenvalue weighted by Crippen LogP contribution is 2.39. The summed E-state index contributed by atoms with van der Waals surface area (Å²) in [4.78, 5) is 57.8. The molecule has 0 saturated heterocycles. The van der Waals surface area contributed by atoms with Gasteiger partial charge in [0.1, 0.15) is 23.0 Å². The second-order valence-electron chi connectivity index (χ2n) is 15.9. The van der Waals surface area contributed by atoms with E-state index >= 15 is 0 Å². The van der Waals surface area contributed by atoms with Crippen molar-refractivity contribution in [3.63, 3.8) is 0 Å². The first-order valence-electron chi connectivity index (χ1n) is 19.4. The molecule has 0 spiro atoms. The maximum atomic E-state index is 13.8. The van der Waals surface area contributed by atoms with Crippen LogP contribution >= 0.6 is 0 Å². The van der Waals surface area contributed by atoms with E-state index in [4.69, 9.17) is 13.6 Å². The molecule has 0 bridgehead atoms. The third-order valence-electron chi connectivity index (χ3n) is 10.7. The van der Waals surface area contributed by atoms with Crippen molar-refractivity contribution in [2.75, 3.05) is 13.1 Å². The van der Waals surface area contributed by atoms with Crippen LogP contribution in [-0.2, 0) is 4.12 Å². The molecule has 0 N–H and O–H groups in total. The van der Waals surface area contributed by atoms with Crippen LogP contribution < -0.4 is 9.47 Å². The average molecular weight is 793 g/mol. The molecular formula is C46H44N2O7Si2. The largest absolute Gasteiger partial charge is 0.457 e. The van der Waals surface area contributed by atoms with Crippen LogP contribution in [0.15, 0.2) is 121 Å². The first-order chi connectivity index (χ1) is 27.4. The van der Waals surface area contributed by atoms with Gasteiger partial charge < -0.3 is 13.6 Å². The number of benzene rings is 6. The molecule has 0 unspecified atom stereocenters. The zero-order valence-electron chi connectivity index (χ0n) is 32.5. The lowest BCUT2D eigenvalue weighted by molar-refractivity contribution is 0.0595. The Balaban J connectivity index is 0.873. The summed E-state index contributed by atoms with van der Waals surface area (Å²) in [6.45, 7) is 9.30. The number of rotatable bonds is 14. The molecule has 57 heavy (non-hydrogen) atoms. The molecule has 0 fully saturated rings. The Hall–Kier alpha value is -5.89. The van der Waals surface area contributed by atoms with E-state index < -0.39 is 16.6 Å². The van der Waals surface area contributed by atoms with Crippen molar-refractivity contribution in [3.05, 3.63) is 144 Å². The third kappa shape index (κ3) is 7.53. The van der Waals surface area contributed by atoms with Crippen LogP contribution in [0.25, 0.3) is 21.5 Å². The summed E-state index contributed by atoms with van der Waals surface area (Å²) in [6.07, 6.45) is 1.25. The number of carbonyl (C=O) groups is 4. The number of hydrogen-bond donors (Lipinski definition) is 0. The van der Waals surface area contributed by atoms with Gasteiger partial charge in [-0.25, -0.2) is 0 Å². The summed E-state index contributed by atoms with van der Waals surface area (Å²) < 4.78 is 19.2. The molecule has 4 amide bonds. The van der Waals surface area contributed by atoms with Crippen molar-refractivity contribution in [3.8, 4) is 23.0 Å². The second kappa shape index (κ2) is 15.2. The predicted octanol–water partition coefficient (Wildman–Crippen LogP) is 10.7. The van der Waals surface area contributed by atoms with Gasteiger partial charge >= 0.3 is 0 Å². The second-order valence-corrected chi connectivity index (χ2v) is 24.7. The molecule has 288 valence electrons. The highest BCUT2D eigenvalue weighted by atomic mass is 28.4. The number of carbonyl (C=O) groups excluding carboxylic acids is 4. The lowest BCUT2D eigenvalue weighted by Gasteiger charge is -2.35. The number of ether oxygens (including phenoxy) is 2. The highest BCUT2D eigenvalue weighted by Gasteiger charge is 2.37. The molecule has 0 atom stereocenters. The number of hydrogen-bond acceptors (Lipinski definition) is 7. The maximum Gasteiger partial charge on any atom is 0.261 e. The molecule has 9 nitrogen and oxygen atoms in total. The molecule has 8 rings (SSSR count). The summed E-state index contributed by atoms with van der Waals surface area (Å²) >= 11 is 0. The smallest absolute Gasteiger partial charge is 0.261 e. The Morgan fingerprint density at radius 3 is 1.19 bits per heavy atom. The van der Waals surface area contributed by atoms with Gasteiger partial charge in [0.15, 0.2) is 16.6 Å². The van der Waals surface area contributed by atoms with Crippen molar-refractivity contribution in [2.24, 2.45) is 0 Å². The monoisotopic (exact) mass is 792 g/mol. The fourth-order valence-corrected chi connectivity index (χ4v) is 17.0. The topological polar surface area (TPSA) is 102 Å². The van der Waals surface area contributed by atoms with Crippen LogP contribution in [0.1, 0.15) is 54.3 Å². The summed E-state index contributed by atoms with van der Waals surface area (Å²) in [5.41, 5.74) is 1.98. The first-order valence-corrected chi connectivity index (χ1v) is 25.6. The van der Waals surface area contributed by atoms with E-state index in [2.05, 4.69) is 26.2 Å². The summed E-state index contributed by atoms with van der Waals surface area (Å²) in [5, 5.41) is 2.70. The van der Waals surface area contributed by atoms with Crippen LogP contribution in [0.4, 0.5) is 0 Å². The van der Waals surface area contributed by atoms with Crippen LogP contribution in [0, 0.1) is 0 Å². The Kier molecular flexibility index (Phi) is 10.2. The first kappa shape index (κ1) is 38.0. The number of para-hydroxylation sites is 2. The summed E-state index contributed by atoms with van der Waals surface area (Å²) in [7, 11) is -4.45. The van der Waals surface area contributed by atoms with Gasteiger partial charge in [-0.05, 0) is 112 Å². The van der Waals surface area contributed by atoms with Crippen LogP contribution in [0.3, 0.4) is 0 Å². The molecule has 6 aromatic carbocycles.